The highest BCUT2D eigenvalue weighted by Gasteiger charge is 2.14. The summed E-state index contributed by atoms with van der Waals surface area (Å²) in [5.74, 6) is 0.949. The fourth-order valence-electron chi connectivity index (χ4n) is 1.96. The average Bonchev–Trinajstić information content (AvgIpc) is 2.74. The molecule has 5 nitrogen and oxygen atoms in total. The lowest BCUT2D eigenvalue weighted by molar-refractivity contribution is 0.510. The normalized spacial score (nSPS) is 13.1. The van der Waals surface area contributed by atoms with E-state index in [-0.39, 0.29) is 11.7 Å². The number of nitrogens with one attached hydrogen (secondary N) is 2. The number of rotatable bonds is 9. The van der Waals surface area contributed by atoms with Crippen molar-refractivity contribution >= 4 is 11.8 Å². The molecule has 1 heterocycles. The smallest absolute Gasteiger partial charge is 0.313 e. The fourth-order valence-corrected chi connectivity index (χ4v) is 3.14. The van der Waals surface area contributed by atoms with E-state index in [4.69, 9.17) is 0 Å². The predicted molar refractivity (Wildman–Crippen MR) is 80.9 cm³/mol. The molecular formula is C13H26N4OS. The largest absolute Gasteiger partial charge is 0.344 e. The summed E-state index contributed by atoms with van der Waals surface area (Å²) in [5, 5.41) is 11.0. The van der Waals surface area contributed by atoms with E-state index in [9.17, 15) is 4.79 Å². The number of H-pyrrole nitrogens is 1. The van der Waals surface area contributed by atoms with Gasteiger partial charge >= 0.3 is 5.69 Å². The van der Waals surface area contributed by atoms with Gasteiger partial charge in [0, 0.05) is 17.8 Å². The maximum absolute atomic E-state index is 11.6. The molecule has 1 aromatic heterocycles. The van der Waals surface area contributed by atoms with Crippen LogP contribution in [0.1, 0.15) is 53.0 Å². The molecule has 0 amide bonds. The third-order valence-corrected chi connectivity index (χ3v) is 4.04. The van der Waals surface area contributed by atoms with Crippen molar-refractivity contribution in [1.82, 2.24) is 20.1 Å². The van der Waals surface area contributed by atoms with Crippen LogP contribution in [0.25, 0.3) is 0 Å². The number of aromatic nitrogens is 3. The van der Waals surface area contributed by atoms with Crippen molar-refractivity contribution in [2.45, 2.75) is 64.2 Å². The van der Waals surface area contributed by atoms with Gasteiger partial charge in [-0.25, -0.2) is 9.89 Å². The molecule has 1 unspecified atom stereocenters. The van der Waals surface area contributed by atoms with Gasteiger partial charge in [0.25, 0.3) is 0 Å². The number of hydrogen-bond donors (Lipinski definition) is 2. The van der Waals surface area contributed by atoms with Crippen LogP contribution in [0.5, 0.6) is 0 Å². The van der Waals surface area contributed by atoms with E-state index >= 15 is 0 Å². The van der Waals surface area contributed by atoms with E-state index in [0.29, 0.717) is 6.04 Å². The molecule has 110 valence electrons. The van der Waals surface area contributed by atoms with Crippen molar-refractivity contribution in [2.75, 3.05) is 12.3 Å². The highest BCUT2D eigenvalue weighted by molar-refractivity contribution is 7.99. The zero-order chi connectivity index (χ0) is 14.3. The molecule has 1 rings (SSSR count). The summed E-state index contributed by atoms with van der Waals surface area (Å²) in [6.45, 7) is 9.42. The molecule has 1 atom stereocenters. The Morgan fingerprint density at radius 1 is 1.37 bits per heavy atom. The third kappa shape index (κ3) is 5.03. The van der Waals surface area contributed by atoms with E-state index in [2.05, 4.69) is 29.4 Å². The van der Waals surface area contributed by atoms with Crippen LogP contribution >= 0.6 is 11.8 Å². The molecule has 0 radical (unpaired) electrons. The molecule has 0 aliphatic carbocycles. The van der Waals surface area contributed by atoms with E-state index < -0.39 is 0 Å². The molecule has 0 saturated carbocycles. The van der Waals surface area contributed by atoms with E-state index in [1.165, 1.54) is 6.42 Å². The first-order valence-corrected chi connectivity index (χ1v) is 8.11. The number of hydrogen-bond acceptors (Lipinski definition) is 4. The van der Waals surface area contributed by atoms with Crippen LogP contribution in [-0.2, 0) is 0 Å². The standard InChI is InChI=1S/C13H26N4OS/c1-5-7-11(14-8-6-2)9-19-13-16-15-12(18)17(13)10(3)4/h10-11,14H,5-9H2,1-4H3,(H,15,18). The van der Waals surface area contributed by atoms with Crippen molar-refractivity contribution in [1.29, 1.82) is 0 Å². The fraction of sp³-hybridized carbons (Fsp3) is 0.846. The molecule has 0 aliphatic heterocycles. The summed E-state index contributed by atoms with van der Waals surface area (Å²) in [5.41, 5.74) is -0.119. The maximum atomic E-state index is 11.6. The second kappa shape index (κ2) is 8.43. The van der Waals surface area contributed by atoms with Gasteiger partial charge in [0.05, 0.1) is 0 Å². The summed E-state index contributed by atoms with van der Waals surface area (Å²) < 4.78 is 1.72. The van der Waals surface area contributed by atoms with Crippen LogP contribution in [0.15, 0.2) is 9.95 Å². The van der Waals surface area contributed by atoms with Crippen LogP contribution < -0.4 is 11.0 Å². The number of thioether (sulfide) groups is 1. The van der Waals surface area contributed by atoms with Gasteiger partial charge in [0.15, 0.2) is 5.16 Å². The van der Waals surface area contributed by atoms with E-state index in [1.807, 2.05) is 13.8 Å². The topological polar surface area (TPSA) is 62.7 Å². The second-order valence-electron chi connectivity index (χ2n) is 5.03. The van der Waals surface area contributed by atoms with Crippen LogP contribution in [0.3, 0.4) is 0 Å². The van der Waals surface area contributed by atoms with Crippen LogP contribution in [0.4, 0.5) is 0 Å². The lowest BCUT2D eigenvalue weighted by Gasteiger charge is -2.17. The Morgan fingerprint density at radius 2 is 2.11 bits per heavy atom. The van der Waals surface area contributed by atoms with Crippen molar-refractivity contribution in [3.8, 4) is 0 Å². The Bertz CT molecular complexity index is 413. The summed E-state index contributed by atoms with van der Waals surface area (Å²) in [6, 6.07) is 0.629. The lowest BCUT2D eigenvalue weighted by atomic mass is 10.2. The second-order valence-corrected chi connectivity index (χ2v) is 6.01. The molecule has 0 fully saturated rings. The van der Waals surface area contributed by atoms with E-state index in [1.54, 1.807) is 16.3 Å². The Hall–Kier alpha value is -0.750. The minimum Gasteiger partial charge on any atom is -0.313 e. The van der Waals surface area contributed by atoms with E-state index in [0.717, 1.165) is 30.3 Å². The molecule has 19 heavy (non-hydrogen) atoms. The Morgan fingerprint density at radius 3 is 2.68 bits per heavy atom. The third-order valence-electron chi connectivity index (χ3n) is 2.92. The predicted octanol–water partition coefficient (Wildman–Crippen LogP) is 2.41. The summed E-state index contributed by atoms with van der Waals surface area (Å²) in [6.07, 6.45) is 3.47. The SMILES string of the molecule is CCCNC(CCC)CSc1n[nH]c(=O)n1C(C)C. The van der Waals surface area contributed by atoms with Gasteiger partial charge in [-0.15, -0.1) is 5.10 Å². The van der Waals surface area contributed by atoms with Crippen molar-refractivity contribution in [2.24, 2.45) is 0 Å². The first-order chi connectivity index (χ1) is 9.10. The van der Waals surface area contributed by atoms with Gasteiger partial charge in [-0.2, -0.15) is 0 Å². The Labute approximate surface area is 119 Å². The zero-order valence-corrected chi connectivity index (χ0v) is 13.2. The Balaban J connectivity index is 2.60. The molecule has 0 bridgehead atoms. The molecule has 0 aliphatic rings. The highest BCUT2D eigenvalue weighted by Crippen LogP contribution is 2.18. The van der Waals surface area contributed by atoms with Crippen LogP contribution in [0.2, 0.25) is 0 Å². The summed E-state index contributed by atoms with van der Waals surface area (Å²) >= 11 is 1.65. The highest BCUT2D eigenvalue weighted by atomic mass is 32.2. The molecule has 6 heteroatoms. The monoisotopic (exact) mass is 286 g/mol. The van der Waals surface area contributed by atoms with Gasteiger partial charge in [-0.3, -0.25) is 4.57 Å². The first-order valence-electron chi connectivity index (χ1n) is 7.13. The minimum atomic E-state index is -0.119. The average molecular weight is 286 g/mol. The lowest BCUT2D eigenvalue weighted by Crippen LogP contribution is -2.32. The zero-order valence-electron chi connectivity index (χ0n) is 12.4. The number of aromatic amines is 1. The van der Waals surface area contributed by atoms with Gasteiger partial charge in [0.1, 0.15) is 0 Å². The van der Waals surface area contributed by atoms with Gasteiger partial charge in [0.2, 0.25) is 0 Å². The molecule has 2 N–H and O–H groups in total. The number of nitrogens with zero attached hydrogens (tertiary/aromatic N) is 2. The minimum absolute atomic E-state index is 0.119. The molecule has 0 spiro atoms. The molecule has 0 aromatic carbocycles. The van der Waals surface area contributed by atoms with Gasteiger partial charge in [-0.1, -0.05) is 32.0 Å². The quantitative estimate of drug-likeness (QED) is 0.684. The van der Waals surface area contributed by atoms with Crippen LogP contribution in [0, 0.1) is 0 Å². The molecular weight excluding hydrogens is 260 g/mol. The van der Waals surface area contributed by atoms with Crippen molar-refractivity contribution < 1.29 is 0 Å². The van der Waals surface area contributed by atoms with Crippen LogP contribution in [-0.4, -0.2) is 33.1 Å². The summed E-state index contributed by atoms with van der Waals surface area (Å²) in [7, 11) is 0. The summed E-state index contributed by atoms with van der Waals surface area (Å²) in [4.78, 5) is 11.6. The van der Waals surface area contributed by atoms with Gasteiger partial charge in [-0.05, 0) is 33.2 Å². The van der Waals surface area contributed by atoms with Crippen molar-refractivity contribution in [3.63, 3.8) is 0 Å². The van der Waals surface area contributed by atoms with Gasteiger partial charge < -0.3 is 5.32 Å². The first kappa shape index (κ1) is 16.3. The molecule has 1 aromatic rings. The molecule has 0 saturated heterocycles. The Kier molecular flexibility index (Phi) is 7.23. The van der Waals surface area contributed by atoms with Crippen molar-refractivity contribution in [3.05, 3.63) is 10.5 Å². The maximum Gasteiger partial charge on any atom is 0.344 e.